The second kappa shape index (κ2) is 4.57. The molecule has 1 fully saturated rings. The summed E-state index contributed by atoms with van der Waals surface area (Å²) in [5.74, 6) is -1.82. The van der Waals surface area contributed by atoms with Crippen molar-refractivity contribution in [2.45, 2.75) is 6.54 Å². The molecule has 0 aromatic heterocycles. The molecule has 1 saturated heterocycles. The normalized spacial score (nSPS) is 15.6. The Balaban J connectivity index is 1.89. The van der Waals surface area contributed by atoms with Crippen molar-refractivity contribution < 1.29 is 13.6 Å². The molecule has 0 aliphatic carbocycles. The number of carbonyl (C=O) groups is 1. The average molecular weight is 226 g/mol. The van der Waals surface area contributed by atoms with Crippen LogP contribution in [0, 0.1) is 17.6 Å². The van der Waals surface area contributed by atoms with E-state index in [1.54, 1.807) is 0 Å². The molecule has 0 atom stereocenters. The van der Waals surface area contributed by atoms with Gasteiger partial charge in [-0.3, -0.25) is 4.79 Å². The highest BCUT2D eigenvalue weighted by molar-refractivity contribution is 5.79. The zero-order valence-corrected chi connectivity index (χ0v) is 8.59. The standard InChI is InChI=1S/C11H12F2N2O/c12-9-2-1-7(3-10(9)13)4-15-11(16)8-5-14-6-8/h1-3,8,14H,4-6H2,(H,15,16). The van der Waals surface area contributed by atoms with Crippen molar-refractivity contribution in [3.8, 4) is 0 Å². The summed E-state index contributed by atoms with van der Waals surface area (Å²) in [7, 11) is 0. The van der Waals surface area contributed by atoms with Crippen LogP contribution in [0.4, 0.5) is 8.78 Å². The number of halogens is 2. The lowest BCUT2D eigenvalue weighted by molar-refractivity contribution is -0.126. The lowest BCUT2D eigenvalue weighted by Crippen LogP contribution is -2.50. The Morgan fingerprint density at radius 1 is 1.38 bits per heavy atom. The van der Waals surface area contributed by atoms with E-state index in [9.17, 15) is 13.6 Å². The Kier molecular flexibility index (Phi) is 3.14. The molecule has 1 amide bonds. The number of rotatable bonds is 3. The number of carbonyl (C=O) groups excluding carboxylic acids is 1. The summed E-state index contributed by atoms with van der Waals surface area (Å²) in [4.78, 5) is 11.4. The zero-order chi connectivity index (χ0) is 11.5. The summed E-state index contributed by atoms with van der Waals surface area (Å²) >= 11 is 0. The second-order valence-corrected chi connectivity index (χ2v) is 3.82. The molecular weight excluding hydrogens is 214 g/mol. The predicted molar refractivity (Wildman–Crippen MR) is 54.6 cm³/mol. The van der Waals surface area contributed by atoms with Crippen molar-refractivity contribution in [1.82, 2.24) is 10.6 Å². The summed E-state index contributed by atoms with van der Waals surface area (Å²) < 4.78 is 25.5. The first kappa shape index (κ1) is 11.0. The van der Waals surface area contributed by atoms with Gasteiger partial charge in [0.1, 0.15) is 0 Å². The van der Waals surface area contributed by atoms with Crippen LogP contribution in [0.5, 0.6) is 0 Å². The number of hydrogen-bond donors (Lipinski definition) is 2. The van der Waals surface area contributed by atoms with Gasteiger partial charge in [0.2, 0.25) is 5.91 Å². The number of benzene rings is 1. The van der Waals surface area contributed by atoms with Gasteiger partial charge in [0, 0.05) is 19.6 Å². The SMILES string of the molecule is O=C(NCc1ccc(F)c(F)c1)C1CNC1. The molecule has 0 unspecified atom stereocenters. The topological polar surface area (TPSA) is 41.1 Å². The summed E-state index contributed by atoms with van der Waals surface area (Å²) in [5, 5.41) is 5.67. The van der Waals surface area contributed by atoms with Crippen LogP contribution in [-0.2, 0) is 11.3 Å². The van der Waals surface area contributed by atoms with Crippen LogP contribution in [0.25, 0.3) is 0 Å². The molecule has 0 spiro atoms. The summed E-state index contributed by atoms with van der Waals surface area (Å²) in [6, 6.07) is 3.61. The Labute approximate surface area is 91.8 Å². The van der Waals surface area contributed by atoms with Gasteiger partial charge in [-0.2, -0.15) is 0 Å². The minimum absolute atomic E-state index is 0.00490. The van der Waals surface area contributed by atoms with Crippen LogP contribution < -0.4 is 10.6 Å². The molecule has 2 N–H and O–H groups in total. The lowest BCUT2D eigenvalue weighted by Gasteiger charge is -2.25. The third-order valence-corrected chi connectivity index (χ3v) is 2.60. The van der Waals surface area contributed by atoms with Crippen LogP contribution in [0.2, 0.25) is 0 Å². The van der Waals surface area contributed by atoms with E-state index >= 15 is 0 Å². The van der Waals surface area contributed by atoms with Crippen LogP contribution >= 0.6 is 0 Å². The van der Waals surface area contributed by atoms with E-state index in [-0.39, 0.29) is 18.4 Å². The molecule has 2 rings (SSSR count). The summed E-state index contributed by atoms with van der Waals surface area (Å²) in [5.41, 5.74) is 0.555. The van der Waals surface area contributed by atoms with Gasteiger partial charge in [0.25, 0.3) is 0 Å². The second-order valence-electron chi connectivity index (χ2n) is 3.82. The fraction of sp³-hybridized carbons (Fsp3) is 0.364. The van der Waals surface area contributed by atoms with E-state index in [0.29, 0.717) is 18.7 Å². The largest absolute Gasteiger partial charge is 0.352 e. The van der Waals surface area contributed by atoms with E-state index in [1.807, 2.05) is 0 Å². The van der Waals surface area contributed by atoms with Gasteiger partial charge in [0.15, 0.2) is 11.6 Å². The zero-order valence-electron chi connectivity index (χ0n) is 8.59. The van der Waals surface area contributed by atoms with Crippen molar-refractivity contribution in [2.75, 3.05) is 13.1 Å². The summed E-state index contributed by atoms with van der Waals surface area (Å²) in [6.45, 7) is 1.60. The first-order valence-corrected chi connectivity index (χ1v) is 5.09. The first-order chi connectivity index (χ1) is 7.66. The maximum atomic E-state index is 12.8. The number of amides is 1. The molecule has 1 heterocycles. The molecule has 0 saturated carbocycles. The van der Waals surface area contributed by atoms with Crippen molar-refractivity contribution in [3.63, 3.8) is 0 Å². The van der Waals surface area contributed by atoms with E-state index < -0.39 is 11.6 Å². The van der Waals surface area contributed by atoms with Gasteiger partial charge in [-0.05, 0) is 17.7 Å². The highest BCUT2D eigenvalue weighted by atomic mass is 19.2. The Bertz CT molecular complexity index is 405. The molecule has 1 aliphatic heterocycles. The fourth-order valence-corrected chi connectivity index (χ4v) is 1.46. The van der Waals surface area contributed by atoms with Crippen LogP contribution in [0.3, 0.4) is 0 Å². The van der Waals surface area contributed by atoms with Crippen molar-refractivity contribution in [2.24, 2.45) is 5.92 Å². The molecule has 1 aromatic rings. The third-order valence-electron chi connectivity index (χ3n) is 2.60. The third kappa shape index (κ3) is 2.36. The van der Waals surface area contributed by atoms with Crippen molar-refractivity contribution >= 4 is 5.91 Å². The highest BCUT2D eigenvalue weighted by Crippen LogP contribution is 2.09. The van der Waals surface area contributed by atoms with E-state index in [0.717, 1.165) is 12.1 Å². The van der Waals surface area contributed by atoms with Gasteiger partial charge < -0.3 is 10.6 Å². The summed E-state index contributed by atoms with van der Waals surface area (Å²) in [6.07, 6.45) is 0. The predicted octanol–water partition coefficient (Wildman–Crippen LogP) is 0.800. The van der Waals surface area contributed by atoms with Gasteiger partial charge in [-0.25, -0.2) is 8.78 Å². The molecule has 5 heteroatoms. The fourth-order valence-electron chi connectivity index (χ4n) is 1.46. The quantitative estimate of drug-likeness (QED) is 0.800. The van der Waals surface area contributed by atoms with Gasteiger partial charge in [-0.1, -0.05) is 6.07 Å². The van der Waals surface area contributed by atoms with E-state index in [4.69, 9.17) is 0 Å². The maximum Gasteiger partial charge on any atom is 0.225 e. The molecule has 86 valence electrons. The van der Waals surface area contributed by atoms with E-state index in [1.165, 1.54) is 6.07 Å². The molecule has 0 bridgehead atoms. The van der Waals surface area contributed by atoms with Crippen LogP contribution in [0.1, 0.15) is 5.56 Å². The Morgan fingerprint density at radius 3 is 2.69 bits per heavy atom. The minimum atomic E-state index is -0.892. The molecule has 1 aliphatic rings. The molecule has 1 aromatic carbocycles. The van der Waals surface area contributed by atoms with Crippen LogP contribution in [0.15, 0.2) is 18.2 Å². The van der Waals surface area contributed by atoms with Crippen molar-refractivity contribution in [3.05, 3.63) is 35.4 Å². The molecule has 3 nitrogen and oxygen atoms in total. The van der Waals surface area contributed by atoms with Gasteiger partial charge in [-0.15, -0.1) is 0 Å². The van der Waals surface area contributed by atoms with Gasteiger partial charge in [0.05, 0.1) is 5.92 Å². The molecule has 16 heavy (non-hydrogen) atoms. The minimum Gasteiger partial charge on any atom is -0.352 e. The average Bonchev–Trinajstić information content (AvgIpc) is 2.17. The lowest BCUT2D eigenvalue weighted by atomic mass is 10.0. The Morgan fingerprint density at radius 2 is 2.12 bits per heavy atom. The van der Waals surface area contributed by atoms with Crippen molar-refractivity contribution in [1.29, 1.82) is 0 Å². The highest BCUT2D eigenvalue weighted by Gasteiger charge is 2.24. The van der Waals surface area contributed by atoms with E-state index in [2.05, 4.69) is 10.6 Å². The molecule has 0 radical (unpaired) electrons. The first-order valence-electron chi connectivity index (χ1n) is 5.09. The smallest absolute Gasteiger partial charge is 0.225 e. The Hall–Kier alpha value is -1.49. The monoisotopic (exact) mass is 226 g/mol. The molecular formula is C11H12F2N2O. The number of nitrogens with one attached hydrogen (secondary N) is 2. The van der Waals surface area contributed by atoms with Crippen LogP contribution in [-0.4, -0.2) is 19.0 Å². The maximum absolute atomic E-state index is 12.8. The number of hydrogen-bond acceptors (Lipinski definition) is 2. The van der Waals surface area contributed by atoms with Gasteiger partial charge >= 0.3 is 0 Å².